The lowest BCUT2D eigenvalue weighted by Crippen LogP contribution is -2.46. The summed E-state index contributed by atoms with van der Waals surface area (Å²) in [5.74, 6) is -1.68. The number of esters is 1. The summed E-state index contributed by atoms with van der Waals surface area (Å²) in [6.07, 6.45) is -1.08. The standard InChI is InChI=1S/C22H20N2O4S/c1-14-8-10-16(11-9-14)18-12-13-29-19(18)22(27)28-15(2)20(25)23-24-21(26)17-6-4-3-5-7-17/h3-13,15H,1-2H3,(H,23,25)(H,24,26)/t15-/m1/s1. The number of nitrogens with one attached hydrogen (secondary N) is 2. The molecule has 0 saturated carbocycles. The van der Waals surface area contributed by atoms with E-state index in [0.29, 0.717) is 10.4 Å². The minimum absolute atomic E-state index is 0.402. The number of benzene rings is 2. The molecule has 6 nitrogen and oxygen atoms in total. The highest BCUT2D eigenvalue weighted by Gasteiger charge is 2.22. The van der Waals surface area contributed by atoms with Gasteiger partial charge in [-0.1, -0.05) is 48.0 Å². The lowest BCUT2D eigenvalue weighted by Gasteiger charge is -2.14. The Labute approximate surface area is 172 Å². The number of amides is 2. The second-order valence-electron chi connectivity index (χ2n) is 6.39. The number of hydrogen-bond donors (Lipinski definition) is 2. The van der Waals surface area contributed by atoms with E-state index in [9.17, 15) is 14.4 Å². The number of ether oxygens (including phenoxy) is 1. The molecule has 0 aliphatic rings. The predicted molar refractivity (Wildman–Crippen MR) is 111 cm³/mol. The molecule has 3 rings (SSSR count). The van der Waals surface area contributed by atoms with Gasteiger partial charge in [-0.05, 0) is 43.0 Å². The van der Waals surface area contributed by atoms with E-state index in [1.54, 1.807) is 35.7 Å². The lowest BCUT2D eigenvalue weighted by molar-refractivity contribution is -0.129. The van der Waals surface area contributed by atoms with E-state index in [0.717, 1.165) is 16.7 Å². The minimum atomic E-state index is -1.08. The zero-order valence-corrected chi connectivity index (χ0v) is 16.8. The van der Waals surface area contributed by atoms with Crippen LogP contribution in [0.2, 0.25) is 0 Å². The Hall–Kier alpha value is -3.45. The van der Waals surface area contributed by atoms with E-state index in [1.807, 2.05) is 37.3 Å². The smallest absolute Gasteiger partial charge is 0.349 e. The monoisotopic (exact) mass is 408 g/mol. The highest BCUT2D eigenvalue weighted by Crippen LogP contribution is 2.29. The average molecular weight is 408 g/mol. The van der Waals surface area contributed by atoms with Crippen LogP contribution in [0.15, 0.2) is 66.0 Å². The van der Waals surface area contributed by atoms with Crippen LogP contribution in [-0.4, -0.2) is 23.9 Å². The highest BCUT2D eigenvalue weighted by molar-refractivity contribution is 7.12. The van der Waals surface area contributed by atoms with Crippen LogP contribution in [0.4, 0.5) is 0 Å². The van der Waals surface area contributed by atoms with Crippen molar-refractivity contribution in [3.63, 3.8) is 0 Å². The molecule has 29 heavy (non-hydrogen) atoms. The van der Waals surface area contributed by atoms with Crippen LogP contribution in [0.1, 0.15) is 32.5 Å². The molecule has 0 aliphatic carbocycles. The third-order valence-corrected chi connectivity index (χ3v) is 5.10. The maximum Gasteiger partial charge on any atom is 0.349 e. The van der Waals surface area contributed by atoms with Crippen molar-refractivity contribution in [1.82, 2.24) is 10.9 Å². The summed E-state index contributed by atoms with van der Waals surface area (Å²) < 4.78 is 5.29. The minimum Gasteiger partial charge on any atom is -0.448 e. The number of carbonyl (C=O) groups is 3. The molecule has 0 unspecified atom stereocenters. The van der Waals surface area contributed by atoms with Crippen LogP contribution < -0.4 is 10.9 Å². The summed E-state index contributed by atoms with van der Waals surface area (Å²) in [6, 6.07) is 18.1. The van der Waals surface area contributed by atoms with Gasteiger partial charge in [0.25, 0.3) is 11.8 Å². The number of aryl methyl sites for hydroxylation is 1. The first-order valence-electron chi connectivity index (χ1n) is 8.96. The normalized spacial score (nSPS) is 11.4. The van der Waals surface area contributed by atoms with Crippen LogP contribution in [0.3, 0.4) is 0 Å². The van der Waals surface area contributed by atoms with Gasteiger partial charge < -0.3 is 4.74 Å². The Morgan fingerprint density at radius 3 is 2.31 bits per heavy atom. The third kappa shape index (κ3) is 5.08. The maximum atomic E-state index is 12.6. The molecule has 2 N–H and O–H groups in total. The second kappa shape index (κ2) is 9.16. The molecule has 1 heterocycles. The van der Waals surface area contributed by atoms with Gasteiger partial charge in [0.15, 0.2) is 6.10 Å². The first-order chi connectivity index (χ1) is 14.0. The third-order valence-electron chi connectivity index (χ3n) is 4.20. The Bertz CT molecular complexity index is 1010. The summed E-state index contributed by atoms with van der Waals surface area (Å²) in [4.78, 5) is 37.1. The molecule has 7 heteroatoms. The van der Waals surface area contributed by atoms with Gasteiger partial charge >= 0.3 is 5.97 Å². The van der Waals surface area contributed by atoms with Gasteiger partial charge in [0.05, 0.1) is 0 Å². The maximum absolute atomic E-state index is 12.6. The lowest BCUT2D eigenvalue weighted by atomic mass is 10.1. The van der Waals surface area contributed by atoms with Gasteiger partial charge in [-0.3, -0.25) is 20.4 Å². The van der Waals surface area contributed by atoms with Crippen LogP contribution in [0, 0.1) is 6.92 Å². The molecule has 0 aliphatic heterocycles. The fourth-order valence-electron chi connectivity index (χ4n) is 2.58. The summed E-state index contributed by atoms with van der Waals surface area (Å²) in [5.41, 5.74) is 7.75. The SMILES string of the molecule is Cc1ccc(-c2ccsc2C(=O)O[C@H](C)C(=O)NNC(=O)c2ccccc2)cc1. The Kier molecular flexibility index (Phi) is 6.41. The van der Waals surface area contributed by atoms with Crippen molar-refractivity contribution >= 4 is 29.1 Å². The van der Waals surface area contributed by atoms with E-state index in [2.05, 4.69) is 10.9 Å². The molecule has 0 bridgehead atoms. The Morgan fingerprint density at radius 2 is 1.62 bits per heavy atom. The zero-order valence-electron chi connectivity index (χ0n) is 16.0. The van der Waals surface area contributed by atoms with E-state index >= 15 is 0 Å². The van der Waals surface area contributed by atoms with Crippen molar-refractivity contribution in [2.24, 2.45) is 0 Å². The topological polar surface area (TPSA) is 84.5 Å². The average Bonchev–Trinajstić information content (AvgIpc) is 3.23. The van der Waals surface area contributed by atoms with Crippen molar-refractivity contribution in [3.8, 4) is 11.1 Å². The van der Waals surface area contributed by atoms with Gasteiger partial charge in [0.2, 0.25) is 0 Å². The molecule has 2 aromatic carbocycles. The summed E-state index contributed by atoms with van der Waals surface area (Å²) in [7, 11) is 0. The van der Waals surface area contributed by atoms with Gasteiger partial charge in [0.1, 0.15) is 4.88 Å². The van der Waals surface area contributed by atoms with Gasteiger partial charge in [-0.2, -0.15) is 0 Å². The zero-order chi connectivity index (χ0) is 20.8. The van der Waals surface area contributed by atoms with Crippen LogP contribution in [0.25, 0.3) is 11.1 Å². The predicted octanol–water partition coefficient (Wildman–Crippen LogP) is 3.73. The molecular weight excluding hydrogens is 388 g/mol. The van der Waals surface area contributed by atoms with Gasteiger partial charge in [-0.15, -0.1) is 11.3 Å². The summed E-state index contributed by atoms with van der Waals surface area (Å²) in [5, 5.41) is 1.80. The fourth-order valence-corrected chi connectivity index (χ4v) is 3.37. The molecular formula is C22H20N2O4S. The molecule has 0 radical (unpaired) electrons. The number of carbonyl (C=O) groups excluding carboxylic acids is 3. The van der Waals surface area contributed by atoms with E-state index in [1.165, 1.54) is 18.3 Å². The number of thiophene rings is 1. The molecule has 148 valence electrons. The molecule has 3 aromatic rings. The Balaban J connectivity index is 1.59. The van der Waals surface area contributed by atoms with Crippen LogP contribution >= 0.6 is 11.3 Å². The molecule has 1 atom stereocenters. The number of hydrogen-bond acceptors (Lipinski definition) is 5. The Morgan fingerprint density at radius 1 is 0.931 bits per heavy atom. The van der Waals surface area contributed by atoms with E-state index < -0.39 is 23.9 Å². The largest absolute Gasteiger partial charge is 0.448 e. The molecule has 0 spiro atoms. The summed E-state index contributed by atoms with van der Waals surface area (Å²) in [6.45, 7) is 3.44. The van der Waals surface area contributed by atoms with Gasteiger partial charge in [-0.25, -0.2) is 4.79 Å². The van der Waals surface area contributed by atoms with Crippen molar-refractivity contribution in [1.29, 1.82) is 0 Å². The first kappa shape index (κ1) is 20.3. The molecule has 0 fully saturated rings. The van der Waals surface area contributed by atoms with E-state index in [4.69, 9.17) is 4.74 Å². The van der Waals surface area contributed by atoms with Crippen LogP contribution in [0.5, 0.6) is 0 Å². The van der Waals surface area contributed by atoms with Crippen molar-refractivity contribution < 1.29 is 19.1 Å². The van der Waals surface area contributed by atoms with Crippen molar-refractivity contribution in [2.45, 2.75) is 20.0 Å². The quantitative estimate of drug-likeness (QED) is 0.498. The molecule has 2 amide bonds. The fraction of sp³-hybridized carbons (Fsp3) is 0.136. The van der Waals surface area contributed by atoms with Gasteiger partial charge in [0, 0.05) is 11.1 Å². The first-order valence-corrected chi connectivity index (χ1v) is 9.84. The van der Waals surface area contributed by atoms with Crippen LogP contribution in [-0.2, 0) is 9.53 Å². The van der Waals surface area contributed by atoms with Crippen molar-refractivity contribution in [3.05, 3.63) is 82.0 Å². The highest BCUT2D eigenvalue weighted by atomic mass is 32.1. The molecule has 0 saturated heterocycles. The number of rotatable bonds is 5. The summed E-state index contributed by atoms with van der Waals surface area (Å²) >= 11 is 1.25. The second-order valence-corrected chi connectivity index (χ2v) is 7.30. The van der Waals surface area contributed by atoms with E-state index in [-0.39, 0.29) is 0 Å². The van der Waals surface area contributed by atoms with Crippen molar-refractivity contribution in [2.75, 3.05) is 0 Å². The molecule has 1 aromatic heterocycles. The number of hydrazine groups is 1.